The van der Waals surface area contributed by atoms with E-state index in [2.05, 4.69) is 28.2 Å². The SMILES string of the molecule is CCN(CC)c1nn(CC2CC2)c2ccc(S(=O)(=O)NC3CCCC3)cc12. The maximum atomic E-state index is 12.9. The zero-order chi connectivity index (χ0) is 19.0. The fraction of sp³-hybridized carbons (Fsp3) is 0.650. The van der Waals surface area contributed by atoms with Gasteiger partial charge >= 0.3 is 0 Å². The van der Waals surface area contributed by atoms with Gasteiger partial charge in [0, 0.05) is 31.1 Å². The first-order valence-electron chi connectivity index (χ1n) is 10.3. The number of nitrogens with zero attached hydrogens (tertiary/aromatic N) is 3. The molecule has 0 bridgehead atoms. The maximum Gasteiger partial charge on any atom is 0.240 e. The van der Waals surface area contributed by atoms with Crippen LogP contribution in [-0.2, 0) is 16.6 Å². The smallest absolute Gasteiger partial charge is 0.240 e. The van der Waals surface area contributed by atoms with Crippen molar-refractivity contribution in [3.63, 3.8) is 0 Å². The third kappa shape index (κ3) is 3.85. The van der Waals surface area contributed by atoms with Crippen molar-refractivity contribution in [2.24, 2.45) is 5.92 Å². The Morgan fingerprint density at radius 3 is 2.48 bits per heavy atom. The summed E-state index contributed by atoms with van der Waals surface area (Å²) < 4.78 is 30.8. The lowest BCUT2D eigenvalue weighted by molar-refractivity contribution is 0.552. The predicted octanol–water partition coefficient (Wildman–Crippen LogP) is 3.51. The highest BCUT2D eigenvalue weighted by Gasteiger charge is 2.27. The molecule has 4 rings (SSSR count). The van der Waals surface area contributed by atoms with E-state index < -0.39 is 10.0 Å². The Bertz CT molecular complexity index is 907. The number of aromatic nitrogens is 2. The Morgan fingerprint density at radius 2 is 1.85 bits per heavy atom. The fourth-order valence-corrected chi connectivity index (χ4v) is 5.41. The molecule has 1 heterocycles. The van der Waals surface area contributed by atoms with Gasteiger partial charge in [0.1, 0.15) is 0 Å². The average molecular weight is 391 g/mol. The Hall–Kier alpha value is -1.60. The first kappa shape index (κ1) is 18.7. The van der Waals surface area contributed by atoms with Crippen LogP contribution in [0.25, 0.3) is 10.9 Å². The van der Waals surface area contributed by atoms with Crippen molar-refractivity contribution in [2.75, 3.05) is 18.0 Å². The van der Waals surface area contributed by atoms with Crippen molar-refractivity contribution < 1.29 is 8.42 Å². The predicted molar refractivity (Wildman–Crippen MR) is 109 cm³/mol. The molecule has 0 radical (unpaired) electrons. The molecule has 0 spiro atoms. The van der Waals surface area contributed by atoms with Crippen LogP contribution in [0.1, 0.15) is 52.4 Å². The molecular formula is C20H30N4O2S. The molecule has 1 N–H and O–H groups in total. The quantitative estimate of drug-likeness (QED) is 0.749. The number of anilines is 1. The Labute approximate surface area is 162 Å². The Balaban J connectivity index is 1.73. The van der Waals surface area contributed by atoms with E-state index in [0.717, 1.165) is 62.0 Å². The number of fused-ring (bicyclic) bond motifs is 1. The highest BCUT2D eigenvalue weighted by atomic mass is 32.2. The highest BCUT2D eigenvalue weighted by Crippen LogP contribution is 2.34. The van der Waals surface area contributed by atoms with E-state index in [1.54, 1.807) is 6.07 Å². The lowest BCUT2D eigenvalue weighted by Gasteiger charge is -2.18. The van der Waals surface area contributed by atoms with E-state index in [0.29, 0.717) is 10.8 Å². The minimum Gasteiger partial charge on any atom is -0.355 e. The highest BCUT2D eigenvalue weighted by molar-refractivity contribution is 7.89. The van der Waals surface area contributed by atoms with E-state index in [1.807, 2.05) is 12.1 Å². The Morgan fingerprint density at radius 1 is 1.15 bits per heavy atom. The van der Waals surface area contributed by atoms with Gasteiger partial charge in [0.2, 0.25) is 10.0 Å². The molecule has 6 nitrogen and oxygen atoms in total. The van der Waals surface area contributed by atoms with Crippen LogP contribution in [0.2, 0.25) is 0 Å². The van der Waals surface area contributed by atoms with Gasteiger partial charge in [-0.3, -0.25) is 4.68 Å². The van der Waals surface area contributed by atoms with Gasteiger partial charge in [-0.15, -0.1) is 0 Å². The molecule has 2 aromatic rings. The topological polar surface area (TPSA) is 67.2 Å². The van der Waals surface area contributed by atoms with Gasteiger partial charge in [-0.05, 0) is 63.6 Å². The summed E-state index contributed by atoms with van der Waals surface area (Å²) in [4.78, 5) is 2.55. The van der Waals surface area contributed by atoms with Crippen LogP contribution in [0.15, 0.2) is 23.1 Å². The summed E-state index contributed by atoms with van der Waals surface area (Å²) in [6.45, 7) is 6.84. The van der Waals surface area contributed by atoms with Gasteiger partial charge in [-0.1, -0.05) is 12.8 Å². The van der Waals surface area contributed by atoms with E-state index in [9.17, 15) is 8.42 Å². The molecule has 2 fully saturated rings. The van der Waals surface area contributed by atoms with E-state index >= 15 is 0 Å². The zero-order valence-electron chi connectivity index (χ0n) is 16.3. The molecule has 1 aromatic carbocycles. The van der Waals surface area contributed by atoms with Crippen LogP contribution >= 0.6 is 0 Å². The summed E-state index contributed by atoms with van der Waals surface area (Å²) in [5.41, 5.74) is 1.03. The molecule has 2 aliphatic rings. The van der Waals surface area contributed by atoms with Crippen LogP contribution < -0.4 is 9.62 Å². The van der Waals surface area contributed by atoms with Crippen molar-refractivity contribution in [1.29, 1.82) is 0 Å². The summed E-state index contributed by atoms with van der Waals surface area (Å²) in [6.07, 6.45) is 6.61. The second kappa shape index (κ2) is 7.43. The number of hydrogen-bond donors (Lipinski definition) is 1. The van der Waals surface area contributed by atoms with Crippen LogP contribution in [0, 0.1) is 5.92 Å². The molecule has 1 aromatic heterocycles. The van der Waals surface area contributed by atoms with Gasteiger partial charge in [-0.25, -0.2) is 13.1 Å². The Kier molecular flexibility index (Phi) is 5.16. The standard InChI is InChI=1S/C20H30N4O2S/c1-3-23(4-2)20-18-13-17(27(25,26)22-16-7-5-6-8-16)11-12-19(18)24(21-20)14-15-9-10-15/h11-13,15-16,22H,3-10,14H2,1-2H3. The molecule has 2 saturated carbocycles. The van der Waals surface area contributed by atoms with Crippen LogP contribution in [0.4, 0.5) is 5.82 Å². The number of sulfonamides is 1. The lowest BCUT2D eigenvalue weighted by Crippen LogP contribution is -2.32. The minimum absolute atomic E-state index is 0.0746. The molecule has 0 amide bonds. The lowest BCUT2D eigenvalue weighted by atomic mass is 10.2. The summed E-state index contributed by atoms with van der Waals surface area (Å²) in [7, 11) is -3.50. The fourth-order valence-electron chi connectivity index (χ4n) is 4.08. The molecule has 148 valence electrons. The molecule has 2 aliphatic carbocycles. The van der Waals surface area contributed by atoms with Crippen LogP contribution in [-0.4, -0.2) is 37.3 Å². The van der Waals surface area contributed by atoms with Gasteiger partial charge < -0.3 is 4.90 Å². The summed E-state index contributed by atoms with van der Waals surface area (Å²) in [5.74, 6) is 1.61. The largest absolute Gasteiger partial charge is 0.355 e. The summed E-state index contributed by atoms with van der Waals surface area (Å²) in [6, 6.07) is 5.56. The molecule has 0 atom stereocenters. The molecule has 0 aliphatic heterocycles. The normalized spacial score (nSPS) is 18.4. The van der Waals surface area contributed by atoms with Gasteiger partial charge in [0.05, 0.1) is 10.4 Å². The minimum atomic E-state index is -3.50. The summed E-state index contributed by atoms with van der Waals surface area (Å²) >= 11 is 0. The summed E-state index contributed by atoms with van der Waals surface area (Å²) in [5, 5.41) is 5.80. The third-order valence-corrected chi connectivity index (χ3v) is 7.40. The average Bonchev–Trinajstić information content (AvgIpc) is 3.20. The first-order valence-corrected chi connectivity index (χ1v) is 11.8. The molecule has 27 heavy (non-hydrogen) atoms. The number of rotatable bonds is 8. The second-order valence-electron chi connectivity index (χ2n) is 7.90. The van der Waals surface area contributed by atoms with E-state index in [1.165, 1.54) is 12.8 Å². The van der Waals surface area contributed by atoms with Gasteiger partial charge in [0.15, 0.2) is 5.82 Å². The van der Waals surface area contributed by atoms with Crippen LogP contribution in [0.5, 0.6) is 0 Å². The van der Waals surface area contributed by atoms with Crippen molar-refractivity contribution in [1.82, 2.24) is 14.5 Å². The first-order chi connectivity index (χ1) is 13.0. The number of benzene rings is 1. The maximum absolute atomic E-state index is 12.9. The monoisotopic (exact) mass is 390 g/mol. The van der Waals surface area contributed by atoms with Crippen molar-refractivity contribution in [3.05, 3.63) is 18.2 Å². The zero-order valence-corrected chi connectivity index (χ0v) is 17.1. The van der Waals surface area contributed by atoms with Crippen molar-refractivity contribution in [2.45, 2.75) is 69.9 Å². The van der Waals surface area contributed by atoms with E-state index in [4.69, 9.17) is 5.10 Å². The van der Waals surface area contributed by atoms with Crippen LogP contribution in [0.3, 0.4) is 0 Å². The molecule has 0 unspecified atom stereocenters. The third-order valence-electron chi connectivity index (χ3n) is 5.88. The molecule has 0 saturated heterocycles. The van der Waals surface area contributed by atoms with Crippen molar-refractivity contribution in [3.8, 4) is 0 Å². The van der Waals surface area contributed by atoms with Gasteiger partial charge in [0.25, 0.3) is 0 Å². The number of hydrogen-bond acceptors (Lipinski definition) is 4. The number of nitrogens with one attached hydrogen (secondary N) is 1. The van der Waals surface area contributed by atoms with Crippen molar-refractivity contribution >= 4 is 26.7 Å². The molecular weight excluding hydrogens is 360 g/mol. The molecule has 7 heteroatoms. The van der Waals surface area contributed by atoms with E-state index in [-0.39, 0.29) is 6.04 Å². The second-order valence-corrected chi connectivity index (χ2v) is 9.62. The van der Waals surface area contributed by atoms with Gasteiger partial charge in [-0.2, -0.15) is 5.10 Å².